The molecule has 270 valence electrons. The van der Waals surface area contributed by atoms with E-state index in [1.807, 2.05) is 6.26 Å². The highest BCUT2D eigenvalue weighted by molar-refractivity contribution is 7.98. The summed E-state index contributed by atoms with van der Waals surface area (Å²) in [6.07, 6.45) is 3.00. The van der Waals surface area contributed by atoms with E-state index in [4.69, 9.17) is 17.2 Å². The van der Waals surface area contributed by atoms with Crippen LogP contribution < -0.4 is 27.8 Å². The fraction of sp³-hybridized carbons (Fsp3) is 0.438. The molecule has 3 rings (SSSR count). The smallest absolute Gasteiger partial charge is 0.269 e. The molecule has 0 unspecified atom stereocenters. The van der Waals surface area contributed by atoms with Crippen molar-refractivity contribution in [3.8, 4) is 5.75 Å². The van der Waals surface area contributed by atoms with Gasteiger partial charge in [-0.1, -0.05) is 24.3 Å². The topological polar surface area (TPSA) is 270 Å². The second kappa shape index (κ2) is 18.4. The standard InChI is InChI=1S/C32H43N9O8S/c1-39(30(46)23(38-32(34)35)16-20-7-11-22(42)12-8-20)26(13-15-50-2)29(45)36-18-27(43)37-24(17-19-5-9-21(10-6-19)41(48)49)31(47)40-14-3-4-25(40)28(33)44/h5-12,23-26,42H,3-4,13-18H2,1-2H3,(H2,33,44)(H,36,45)(H,37,43)(H4,34,35,38)/t23-,24-,25-,26-/m0/s1. The second-order valence-electron chi connectivity index (χ2n) is 11.7. The van der Waals surface area contributed by atoms with E-state index in [1.54, 1.807) is 12.1 Å². The van der Waals surface area contributed by atoms with E-state index < -0.39 is 65.2 Å². The number of aliphatic imine (C=N–C) groups is 1. The third-order valence-electron chi connectivity index (χ3n) is 8.18. The van der Waals surface area contributed by atoms with Crippen LogP contribution in [0.2, 0.25) is 0 Å². The highest BCUT2D eigenvalue weighted by Gasteiger charge is 2.37. The summed E-state index contributed by atoms with van der Waals surface area (Å²) >= 11 is 1.45. The van der Waals surface area contributed by atoms with E-state index in [2.05, 4.69) is 15.6 Å². The summed E-state index contributed by atoms with van der Waals surface area (Å²) in [6, 6.07) is 7.50. The summed E-state index contributed by atoms with van der Waals surface area (Å²) < 4.78 is 0. The molecule has 2 aromatic rings. The predicted molar refractivity (Wildman–Crippen MR) is 187 cm³/mol. The number of likely N-dealkylation sites (tertiary alicyclic amines) is 1. The van der Waals surface area contributed by atoms with E-state index >= 15 is 0 Å². The lowest BCUT2D eigenvalue weighted by molar-refractivity contribution is -0.384. The van der Waals surface area contributed by atoms with Gasteiger partial charge in [0.25, 0.3) is 5.69 Å². The summed E-state index contributed by atoms with van der Waals surface area (Å²) in [7, 11) is 1.43. The molecule has 1 aliphatic heterocycles. The zero-order chi connectivity index (χ0) is 37.0. The Bertz CT molecular complexity index is 1570. The molecule has 1 fully saturated rings. The van der Waals surface area contributed by atoms with Gasteiger partial charge in [0.2, 0.25) is 29.5 Å². The van der Waals surface area contributed by atoms with Crippen LogP contribution in [-0.4, -0.2) is 112 Å². The maximum atomic E-state index is 13.6. The fourth-order valence-corrected chi connectivity index (χ4v) is 6.05. The van der Waals surface area contributed by atoms with Crippen molar-refractivity contribution in [3.05, 3.63) is 69.8 Å². The van der Waals surface area contributed by atoms with E-state index in [0.717, 1.165) is 0 Å². The van der Waals surface area contributed by atoms with E-state index in [0.29, 0.717) is 29.7 Å². The average molecular weight is 714 g/mol. The van der Waals surface area contributed by atoms with Crippen molar-refractivity contribution in [2.24, 2.45) is 22.2 Å². The van der Waals surface area contributed by atoms with Crippen LogP contribution in [-0.2, 0) is 36.8 Å². The van der Waals surface area contributed by atoms with Gasteiger partial charge in [0.1, 0.15) is 29.9 Å². The predicted octanol–water partition coefficient (Wildman–Crippen LogP) is -0.615. The summed E-state index contributed by atoms with van der Waals surface area (Å²) in [5.74, 6) is -2.94. The van der Waals surface area contributed by atoms with Crippen molar-refractivity contribution >= 4 is 52.9 Å². The van der Waals surface area contributed by atoms with Gasteiger partial charge in [-0.2, -0.15) is 11.8 Å². The molecule has 0 radical (unpaired) electrons. The number of carbonyl (C=O) groups excluding carboxylic acids is 5. The van der Waals surface area contributed by atoms with Crippen LogP contribution in [0, 0.1) is 10.1 Å². The lowest BCUT2D eigenvalue weighted by Gasteiger charge is -2.30. The van der Waals surface area contributed by atoms with E-state index in [9.17, 15) is 39.2 Å². The van der Waals surface area contributed by atoms with Crippen LogP contribution in [0.3, 0.4) is 0 Å². The lowest BCUT2D eigenvalue weighted by atomic mass is 10.0. The molecule has 1 aliphatic rings. The van der Waals surface area contributed by atoms with Gasteiger partial charge in [-0.3, -0.25) is 34.1 Å². The number of nitrogens with zero attached hydrogens (tertiary/aromatic N) is 4. The Balaban J connectivity index is 1.75. The number of hydrogen-bond donors (Lipinski definition) is 6. The van der Waals surface area contributed by atoms with Gasteiger partial charge in [0.05, 0.1) is 11.5 Å². The van der Waals surface area contributed by atoms with Crippen molar-refractivity contribution < 1.29 is 34.0 Å². The molecule has 0 saturated carbocycles. The third-order valence-corrected chi connectivity index (χ3v) is 8.82. The van der Waals surface area contributed by atoms with Crippen molar-refractivity contribution in [3.63, 3.8) is 0 Å². The molecule has 9 N–H and O–H groups in total. The largest absolute Gasteiger partial charge is 0.508 e. The number of carbonyl (C=O) groups is 5. The molecule has 2 aromatic carbocycles. The molecular formula is C32H43N9O8S. The number of benzene rings is 2. The number of likely N-dealkylation sites (N-methyl/N-ethyl adjacent to an activating group) is 1. The Morgan fingerprint density at radius 2 is 1.68 bits per heavy atom. The van der Waals surface area contributed by atoms with Crippen LogP contribution in [0.4, 0.5) is 5.69 Å². The number of amides is 5. The first-order valence-corrected chi connectivity index (χ1v) is 17.1. The minimum absolute atomic E-state index is 0.0429. The number of phenols is 1. The molecule has 50 heavy (non-hydrogen) atoms. The molecule has 5 amide bonds. The van der Waals surface area contributed by atoms with Gasteiger partial charge in [-0.25, -0.2) is 4.99 Å². The first-order chi connectivity index (χ1) is 23.7. The molecule has 0 aliphatic carbocycles. The zero-order valence-electron chi connectivity index (χ0n) is 27.8. The molecule has 0 bridgehead atoms. The molecule has 18 heteroatoms. The summed E-state index contributed by atoms with van der Waals surface area (Å²) in [4.78, 5) is 83.1. The van der Waals surface area contributed by atoms with E-state index in [-0.39, 0.29) is 43.2 Å². The number of thioether (sulfide) groups is 1. The first kappa shape index (κ1) is 39.1. The highest BCUT2D eigenvalue weighted by atomic mass is 32.2. The monoisotopic (exact) mass is 713 g/mol. The number of nitro groups is 1. The number of hydrogen-bond acceptors (Lipinski definition) is 10. The van der Waals surface area contributed by atoms with Gasteiger partial charge in [-0.15, -0.1) is 0 Å². The molecular weight excluding hydrogens is 670 g/mol. The van der Waals surface area contributed by atoms with Crippen LogP contribution in [0.15, 0.2) is 53.5 Å². The first-order valence-electron chi connectivity index (χ1n) is 15.7. The Labute approximate surface area is 293 Å². The van der Waals surface area contributed by atoms with Crippen LogP contribution in [0.1, 0.15) is 30.4 Å². The minimum Gasteiger partial charge on any atom is -0.508 e. The van der Waals surface area contributed by atoms with Crippen LogP contribution >= 0.6 is 11.8 Å². The maximum Gasteiger partial charge on any atom is 0.269 e. The van der Waals surface area contributed by atoms with Crippen molar-refractivity contribution in [1.82, 2.24) is 20.4 Å². The second-order valence-corrected chi connectivity index (χ2v) is 12.7. The zero-order valence-corrected chi connectivity index (χ0v) is 28.6. The number of aromatic hydroxyl groups is 1. The lowest BCUT2D eigenvalue weighted by Crippen LogP contribution is -2.56. The van der Waals surface area contributed by atoms with Crippen LogP contribution in [0.25, 0.3) is 0 Å². The number of guanidine groups is 1. The number of nitro benzene ring substituents is 1. The Morgan fingerprint density at radius 3 is 2.26 bits per heavy atom. The number of non-ortho nitro benzene ring substituents is 1. The molecule has 17 nitrogen and oxygen atoms in total. The van der Waals surface area contributed by atoms with Crippen molar-refractivity contribution in [2.75, 3.05) is 32.1 Å². The summed E-state index contributed by atoms with van der Waals surface area (Å²) in [5, 5.41) is 25.9. The van der Waals surface area contributed by atoms with Gasteiger partial charge < -0.3 is 42.7 Å². The van der Waals surface area contributed by atoms with Gasteiger partial charge in [0.15, 0.2) is 5.96 Å². The van der Waals surface area contributed by atoms with Gasteiger partial charge in [0, 0.05) is 38.6 Å². The normalized spacial score (nSPS) is 15.6. The molecule has 0 spiro atoms. The number of rotatable bonds is 17. The minimum atomic E-state index is -1.18. The molecule has 1 saturated heterocycles. The maximum absolute atomic E-state index is 13.6. The molecule has 1 heterocycles. The Kier molecular flexibility index (Phi) is 14.4. The Morgan fingerprint density at radius 1 is 1.06 bits per heavy atom. The average Bonchev–Trinajstić information content (AvgIpc) is 3.58. The third kappa shape index (κ3) is 11.1. The highest BCUT2D eigenvalue weighted by Crippen LogP contribution is 2.21. The number of nitrogens with one attached hydrogen (secondary N) is 2. The number of nitrogens with two attached hydrogens (primary N) is 3. The molecule has 4 atom stereocenters. The fourth-order valence-electron chi connectivity index (χ4n) is 5.59. The van der Waals surface area contributed by atoms with Crippen molar-refractivity contribution in [1.29, 1.82) is 0 Å². The Hall–Kier alpha value is -5.39. The number of phenolic OH excluding ortho intramolecular Hbond substituents is 1. The molecule has 0 aromatic heterocycles. The van der Waals surface area contributed by atoms with Crippen LogP contribution in [0.5, 0.6) is 5.75 Å². The van der Waals surface area contributed by atoms with Crippen molar-refractivity contribution in [2.45, 2.75) is 56.3 Å². The summed E-state index contributed by atoms with van der Waals surface area (Å²) in [6.45, 7) is -0.300. The summed E-state index contributed by atoms with van der Waals surface area (Å²) in [5.41, 5.74) is 17.7. The SMILES string of the molecule is CSCC[C@@H](C(=O)NCC(=O)N[C@@H](Cc1ccc([N+](=O)[O-])cc1)C(=O)N1CCC[C@H]1C(N)=O)N(C)C(=O)[C@H](Cc1ccc(O)cc1)N=C(N)N. The van der Waals surface area contributed by atoms with Gasteiger partial charge in [-0.05, 0) is 54.5 Å². The quantitative estimate of drug-likeness (QED) is 0.0521. The van der Waals surface area contributed by atoms with Gasteiger partial charge >= 0.3 is 0 Å². The number of primary amides is 1. The van der Waals surface area contributed by atoms with E-state index in [1.165, 1.54) is 65.0 Å².